The third-order valence-corrected chi connectivity index (χ3v) is 7.34. The normalized spacial score (nSPS) is 27.4. The van der Waals surface area contributed by atoms with Gasteiger partial charge in [-0.25, -0.2) is 9.97 Å². The highest BCUT2D eigenvalue weighted by atomic mass is 32.2. The summed E-state index contributed by atoms with van der Waals surface area (Å²) in [5, 5.41) is 12.4. The summed E-state index contributed by atoms with van der Waals surface area (Å²) in [6.45, 7) is 13.0. The predicted molar refractivity (Wildman–Crippen MR) is 138 cm³/mol. The zero-order chi connectivity index (χ0) is 23.2. The molecule has 0 aromatic carbocycles. The summed E-state index contributed by atoms with van der Waals surface area (Å²) in [4.78, 5) is 21.4. The first kappa shape index (κ1) is 24.1. The van der Waals surface area contributed by atoms with Crippen LogP contribution in [0.2, 0.25) is 0 Å². The maximum Gasteiger partial charge on any atom is 0.225 e. The van der Waals surface area contributed by atoms with Crippen LogP contribution in [0.1, 0.15) is 38.4 Å². The number of thioether (sulfide) groups is 1. The molecule has 0 saturated carbocycles. The molecule has 1 aromatic heterocycles. The molecular weight excluding hydrogens is 432 g/mol. The Bertz CT molecular complexity index is 948. The third-order valence-electron chi connectivity index (χ3n) is 6.58. The van der Waals surface area contributed by atoms with Crippen LogP contribution in [0.3, 0.4) is 0 Å². The summed E-state index contributed by atoms with van der Waals surface area (Å²) in [5.41, 5.74) is 4.76. The van der Waals surface area contributed by atoms with E-state index in [0.29, 0.717) is 12.6 Å². The molecule has 1 fully saturated rings. The molecule has 4 heterocycles. The zero-order valence-electron chi connectivity index (χ0n) is 20.1. The van der Waals surface area contributed by atoms with Crippen molar-refractivity contribution in [2.24, 2.45) is 4.99 Å². The highest BCUT2D eigenvalue weighted by Gasteiger charge is 2.25. The summed E-state index contributed by atoms with van der Waals surface area (Å²) >= 11 is 1.68. The van der Waals surface area contributed by atoms with Gasteiger partial charge in [0, 0.05) is 75.7 Å². The average Bonchev–Trinajstić information content (AvgIpc) is 2.82. The fraction of sp³-hybridized carbons (Fsp3) is 0.560. The molecule has 1 saturated heterocycles. The Morgan fingerprint density at radius 2 is 1.97 bits per heavy atom. The second-order valence-electron chi connectivity index (χ2n) is 8.94. The van der Waals surface area contributed by atoms with Crippen molar-refractivity contribution >= 4 is 22.8 Å². The van der Waals surface area contributed by atoms with Crippen LogP contribution in [0.15, 0.2) is 46.1 Å². The topological polar surface area (TPSA) is 68.1 Å². The SMILES string of the molecule is C/C1=N/C(C)=C/C(C(C)N2CCN(c3ncc4c(n3)CCN(CCO)C4)CC2)=C\C/C=C/S1. The van der Waals surface area contributed by atoms with Gasteiger partial charge >= 0.3 is 0 Å². The maximum absolute atomic E-state index is 9.20. The van der Waals surface area contributed by atoms with Gasteiger partial charge in [0.15, 0.2) is 0 Å². The number of aliphatic hydroxyl groups excluding tert-OH is 1. The van der Waals surface area contributed by atoms with Gasteiger partial charge in [0.25, 0.3) is 0 Å². The number of aliphatic hydroxyl groups is 1. The second-order valence-corrected chi connectivity index (χ2v) is 10.0. The van der Waals surface area contributed by atoms with E-state index < -0.39 is 0 Å². The van der Waals surface area contributed by atoms with Crippen molar-refractivity contribution < 1.29 is 5.11 Å². The summed E-state index contributed by atoms with van der Waals surface area (Å²) < 4.78 is 0. The van der Waals surface area contributed by atoms with Crippen LogP contribution in [-0.4, -0.2) is 81.8 Å². The monoisotopic (exact) mass is 468 g/mol. The number of fused-ring (bicyclic) bond motifs is 1. The Morgan fingerprint density at radius 3 is 2.76 bits per heavy atom. The number of aliphatic imine (C=N–C) groups is 1. The molecule has 33 heavy (non-hydrogen) atoms. The number of hydrogen-bond acceptors (Lipinski definition) is 8. The number of anilines is 1. The Hall–Kier alpha value is -2.00. The molecule has 0 radical (unpaired) electrons. The van der Waals surface area contributed by atoms with Gasteiger partial charge < -0.3 is 10.0 Å². The lowest BCUT2D eigenvalue weighted by atomic mass is 10.0. The fourth-order valence-electron chi connectivity index (χ4n) is 4.67. The zero-order valence-corrected chi connectivity index (χ0v) is 20.9. The van der Waals surface area contributed by atoms with Crippen molar-refractivity contribution in [3.63, 3.8) is 0 Å². The van der Waals surface area contributed by atoms with Crippen LogP contribution in [0.5, 0.6) is 0 Å². The van der Waals surface area contributed by atoms with Gasteiger partial charge in [0.05, 0.1) is 17.3 Å². The van der Waals surface area contributed by atoms with E-state index in [9.17, 15) is 5.11 Å². The number of β-amino-alcohol motifs (C(OH)–C–C–N with tert-alkyl or cyclic N) is 1. The Labute approximate surface area is 202 Å². The van der Waals surface area contributed by atoms with Crippen molar-refractivity contribution in [1.29, 1.82) is 0 Å². The highest BCUT2D eigenvalue weighted by Crippen LogP contribution is 2.23. The molecule has 0 amide bonds. The third kappa shape index (κ3) is 6.32. The van der Waals surface area contributed by atoms with Gasteiger partial charge in [0.2, 0.25) is 5.95 Å². The minimum absolute atomic E-state index is 0.200. The lowest BCUT2D eigenvalue weighted by Gasteiger charge is -2.39. The van der Waals surface area contributed by atoms with E-state index in [0.717, 1.165) is 68.8 Å². The first-order chi connectivity index (χ1) is 16.0. The average molecular weight is 469 g/mol. The molecule has 4 rings (SSSR count). The largest absolute Gasteiger partial charge is 0.395 e. The van der Waals surface area contributed by atoms with Crippen LogP contribution in [-0.2, 0) is 13.0 Å². The van der Waals surface area contributed by atoms with Crippen LogP contribution in [0.25, 0.3) is 0 Å². The molecule has 3 aliphatic heterocycles. The number of rotatable bonds is 5. The second kappa shape index (κ2) is 11.4. The Kier molecular flexibility index (Phi) is 8.35. The van der Waals surface area contributed by atoms with Gasteiger partial charge in [-0.2, -0.15) is 0 Å². The molecule has 0 bridgehead atoms. The van der Waals surface area contributed by atoms with Gasteiger partial charge in [-0.3, -0.25) is 14.8 Å². The molecule has 1 N–H and O–H groups in total. The number of allylic oxidation sites excluding steroid dienone is 3. The van der Waals surface area contributed by atoms with Crippen molar-refractivity contribution in [2.45, 2.75) is 46.2 Å². The molecule has 0 spiro atoms. The summed E-state index contributed by atoms with van der Waals surface area (Å²) in [7, 11) is 0. The molecule has 3 aliphatic rings. The number of piperazine rings is 1. The van der Waals surface area contributed by atoms with Crippen LogP contribution in [0, 0.1) is 0 Å². The van der Waals surface area contributed by atoms with Gasteiger partial charge in [-0.15, -0.1) is 0 Å². The van der Waals surface area contributed by atoms with E-state index in [2.05, 4.69) is 59.1 Å². The molecule has 1 unspecified atom stereocenters. The lowest BCUT2D eigenvalue weighted by molar-refractivity contribution is 0.183. The lowest BCUT2D eigenvalue weighted by Crippen LogP contribution is -2.50. The van der Waals surface area contributed by atoms with Gasteiger partial charge in [0.1, 0.15) is 0 Å². The minimum atomic E-state index is 0.200. The Balaban J connectivity index is 1.38. The fourth-order valence-corrected chi connectivity index (χ4v) is 5.27. The maximum atomic E-state index is 9.20. The number of nitrogens with zero attached hydrogens (tertiary/aromatic N) is 6. The van der Waals surface area contributed by atoms with Crippen molar-refractivity contribution in [1.82, 2.24) is 19.8 Å². The summed E-state index contributed by atoms with van der Waals surface area (Å²) in [5.74, 6) is 0.859. The van der Waals surface area contributed by atoms with Crippen molar-refractivity contribution in [2.75, 3.05) is 50.8 Å². The van der Waals surface area contributed by atoms with E-state index in [1.54, 1.807) is 11.8 Å². The van der Waals surface area contributed by atoms with Crippen molar-refractivity contribution in [3.8, 4) is 0 Å². The molecule has 1 atom stereocenters. The molecular formula is C25H36N6OS. The quantitative estimate of drug-likeness (QED) is 0.712. The number of aromatic nitrogens is 2. The van der Waals surface area contributed by atoms with E-state index in [4.69, 9.17) is 15.0 Å². The van der Waals surface area contributed by atoms with Crippen LogP contribution < -0.4 is 4.90 Å². The van der Waals surface area contributed by atoms with Crippen LogP contribution in [0.4, 0.5) is 5.95 Å². The molecule has 1 aromatic rings. The van der Waals surface area contributed by atoms with E-state index in [-0.39, 0.29) is 6.61 Å². The first-order valence-electron chi connectivity index (χ1n) is 12.0. The van der Waals surface area contributed by atoms with Crippen LogP contribution >= 0.6 is 11.8 Å². The summed E-state index contributed by atoms with van der Waals surface area (Å²) in [6.07, 6.45) is 10.6. The van der Waals surface area contributed by atoms with Gasteiger partial charge in [-0.1, -0.05) is 23.9 Å². The summed E-state index contributed by atoms with van der Waals surface area (Å²) in [6, 6.07) is 0.347. The molecule has 7 nitrogen and oxygen atoms in total. The number of hydrogen-bond donors (Lipinski definition) is 1. The van der Waals surface area contributed by atoms with E-state index in [1.165, 1.54) is 16.8 Å². The van der Waals surface area contributed by atoms with Crippen molar-refractivity contribution in [3.05, 3.63) is 52.4 Å². The first-order valence-corrected chi connectivity index (χ1v) is 12.8. The standard InChI is InChI=1S/C25H36N6OS/c1-19-16-22(6-4-5-15-33-21(3)27-19)20(2)30-9-11-31(12-10-30)25-26-17-23-18-29(13-14-32)8-7-24(23)28-25/h5-6,15-17,20,32H,4,7-14,18H2,1-3H3/b15-5+,19-16+,22-6+,27-21-. The molecule has 0 aliphatic carbocycles. The minimum Gasteiger partial charge on any atom is -0.395 e. The van der Waals surface area contributed by atoms with E-state index in [1.807, 2.05) is 6.20 Å². The van der Waals surface area contributed by atoms with E-state index >= 15 is 0 Å². The molecule has 178 valence electrons. The molecule has 8 heteroatoms. The highest BCUT2D eigenvalue weighted by molar-refractivity contribution is 8.16. The Morgan fingerprint density at radius 1 is 1.15 bits per heavy atom. The smallest absolute Gasteiger partial charge is 0.225 e. The predicted octanol–water partition coefficient (Wildman–Crippen LogP) is 3.24. The van der Waals surface area contributed by atoms with Gasteiger partial charge in [-0.05, 0) is 44.2 Å².